The first kappa shape index (κ1) is 15.6. The van der Waals surface area contributed by atoms with Gasteiger partial charge in [-0.1, -0.05) is 0 Å². The Kier molecular flexibility index (Phi) is 4.61. The monoisotopic (exact) mass is 315 g/mol. The topological polar surface area (TPSA) is 62.3 Å². The fourth-order valence-electron chi connectivity index (χ4n) is 2.24. The predicted molar refractivity (Wildman–Crippen MR) is 83.7 cm³/mol. The lowest BCUT2D eigenvalue weighted by atomic mass is 10.2. The quantitative estimate of drug-likeness (QED) is 0.921. The van der Waals surface area contributed by atoms with Crippen molar-refractivity contribution in [2.45, 2.75) is 30.4 Å². The van der Waals surface area contributed by atoms with Crippen LogP contribution in [0.3, 0.4) is 0 Å². The highest BCUT2D eigenvalue weighted by Crippen LogP contribution is 2.33. The molecule has 0 radical (unpaired) electrons. The Balaban J connectivity index is 2.35. The molecule has 5 nitrogen and oxygen atoms in total. The highest BCUT2D eigenvalue weighted by atomic mass is 32.2. The number of hydrogen-bond acceptors (Lipinski definition) is 5. The van der Waals surface area contributed by atoms with E-state index in [1.165, 1.54) is 6.20 Å². The van der Waals surface area contributed by atoms with Gasteiger partial charge in [0.05, 0.1) is 5.69 Å². The Morgan fingerprint density at radius 3 is 2.90 bits per heavy atom. The van der Waals surface area contributed by atoms with Gasteiger partial charge < -0.3 is 5.32 Å². The van der Waals surface area contributed by atoms with Gasteiger partial charge in [0.15, 0.2) is 0 Å². The number of sulfonamides is 1. The number of nitrogens with one attached hydrogen (secondary N) is 1. The van der Waals surface area contributed by atoms with E-state index in [0.717, 1.165) is 5.75 Å². The standard InChI is InChI=1S/C13H21N3O2S2/c1-4-15-11-5-6-14-9-12(11)20(17,18)16-7-8-19-13(2,3)10-16/h5-6,9H,4,7-8,10H2,1-3H3,(H,14,15). The fraction of sp³-hybridized carbons (Fsp3) is 0.615. The summed E-state index contributed by atoms with van der Waals surface area (Å²) in [6.07, 6.45) is 3.04. The minimum absolute atomic E-state index is 0.0497. The Hall–Kier alpha value is -0.790. The molecule has 2 rings (SSSR count). The van der Waals surface area contributed by atoms with Crippen molar-refractivity contribution in [3.63, 3.8) is 0 Å². The van der Waals surface area contributed by atoms with Gasteiger partial charge in [0, 0.05) is 42.5 Å². The number of nitrogens with zero attached hydrogens (tertiary/aromatic N) is 2. The van der Waals surface area contributed by atoms with E-state index in [-0.39, 0.29) is 9.64 Å². The predicted octanol–water partition coefficient (Wildman–Crippen LogP) is 2.03. The lowest BCUT2D eigenvalue weighted by Crippen LogP contribution is -2.46. The summed E-state index contributed by atoms with van der Waals surface area (Å²) in [5.41, 5.74) is 0.624. The normalized spacial score (nSPS) is 19.8. The second-order valence-electron chi connectivity index (χ2n) is 5.35. The molecule has 1 aromatic rings. The summed E-state index contributed by atoms with van der Waals surface area (Å²) >= 11 is 1.81. The molecule has 1 aliphatic rings. The zero-order valence-corrected chi connectivity index (χ0v) is 13.7. The Labute approximate surface area is 125 Å². The number of rotatable bonds is 4. The van der Waals surface area contributed by atoms with Crippen molar-refractivity contribution in [3.8, 4) is 0 Å². The molecular weight excluding hydrogens is 294 g/mol. The maximum Gasteiger partial charge on any atom is 0.246 e. The van der Waals surface area contributed by atoms with Crippen LogP contribution in [-0.4, -0.2) is 47.8 Å². The van der Waals surface area contributed by atoms with Crippen molar-refractivity contribution in [2.24, 2.45) is 0 Å². The van der Waals surface area contributed by atoms with E-state index in [1.807, 2.05) is 18.7 Å². The number of thioether (sulfide) groups is 1. The van der Waals surface area contributed by atoms with Gasteiger partial charge in [0.2, 0.25) is 10.0 Å². The first-order chi connectivity index (χ1) is 9.37. The third-order valence-electron chi connectivity index (χ3n) is 3.16. The zero-order valence-electron chi connectivity index (χ0n) is 12.1. The minimum Gasteiger partial charge on any atom is -0.384 e. The van der Waals surface area contributed by atoms with Crippen LogP contribution in [0.25, 0.3) is 0 Å². The van der Waals surface area contributed by atoms with Gasteiger partial charge in [-0.15, -0.1) is 0 Å². The number of hydrogen-bond donors (Lipinski definition) is 1. The smallest absolute Gasteiger partial charge is 0.246 e. The van der Waals surface area contributed by atoms with Crippen LogP contribution in [0.4, 0.5) is 5.69 Å². The van der Waals surface area contributed by atoms with Crippen molar-refractivity contribution in [1.82, 2.24) is 9.29 Å². The third-order valence-corrected chi connectivity index (χ3v) is 6.33. The molecule has 2 heterocycles. The molecule has 0 saturated carbocycles. The van der Waals surface area contributed by atoms with Gasteiger partial charge in [-0.05, 0) is 26.8 Å². The van der Waals surface area contributed by atoms with E-state index < -0.39 is 10.0 Å². The second-order valence-corrected chi connectivity index (χ2v) is 9.06. The van der Waals surface area contributed by atoms with Crippen LogP contribution in [0.2, 0.25) is 0 Å². The van der Waals surface area contributed by atoms with Gasteiger partial charge in [0.1, 0.15) is 4.90 Å². The van der Waals surface area contributed by atoms with Gasteiger partial charge in [0.25, 0.3) is 0 Å². The molecule has 1 fully saturated rings. The molecule has 0 aromatic carbocycles. The molecule has 0 amide bonds. The van der Waals surface area contributed by atoms with Crippen LogP contribution < -0.4 is 5.32 Å². The summed E-state index contributed by atoms with van der Waals surface area (Å²) in [6.45, 7) is 7.85. The average Bonchev–Trinajstić information content (AvgIpc) is 2.38. The molecule has 0 spiro atoms. The fourth-order valence-corrected chi connectivity index (χ4v) is 5.26. The second kappa shape index (κ2) is 5.91. The van der Waals surface area contributed by atoms with Crippen molar-refractivity contribution in [2.75, 3.05) is 30.7 Å². The lowest BCUT2D eigenvalue weighted by Gasteiger charge is -2.36. The van der Waals surface area contributed by atoms with Crippen molar-refractivity contribution >= 4 is 27.5 Å². The van der Waals surface area contributed by atoms with Crippen molar-refractivity contribution in [1.29, 1.82) is 0 Å². The van der Waals surface area contributed by atoms with Crippen LogP contribution in [-0.2, 0) is 10.0 Å². The lowest BCUT2D eigenvalue weighted by molar-refractivity contribution is 0.387. The molecule has 1 aromatic heterocycles. The summed E-state index contributed by atoms with van der Waals surface area (Å²) in [7, 11) is -3.49. The molecule has 1 aliphatic heterocycles. The number of pyridine rings is 1. The van der Waals surface area contributed by atoms with Gasteiger partial charge >= 0.3 is 0 Å². The summed E-state index contributed by atoms with van der Waals surface area (Å²) in [5, 5.41) is 3.09. The van der Waals surface area contributed by atoms with Gasteiger partial charge in [-0.3, -0.25) is 4.98 Å². The number of aromatic nitrogens is 1. The van der Waals surface area contributed by atoms with Crippen LogP contribution in [0.5, 0.6) is 0 Å². The highest BCUT2D eigenvalue weighted by Gasteiger charge is 2.35. The van der Waals surface area contributed by atoms with E-state index in [0.29, 0.717) is 25.3 Å². The molecule has 7 heteroatoms. The molecule has 0 unspecified atom stereocenters. The van der Waals surface area contributed by atoms with Gasteiger partial charge in [-0.25, -0.2) is 8.42 Å². The highest BCUT2D eigenvalue weighted by molar-refractivity contribution is 8.00. The number of anilines is 1. The maximum atomic E-state index is 12.8. The van der Waals surface area contributed by atoms with E-state index in [4.69, 9.17) is 0 Å². The van der Waals surface area contributed by atoms with Crippen molar-refractivity contribution < 1.29 is 8.42 Å². The van der Waals surface area contributed by atoms with E-state index in [2.05, 4.69) is 24.1 Å². The summed E-state index contributed by atoms with van der Waals surface area (Å²) in [4.78, 5) is 4.24. The largest absolute Gasteiger partial charge is 0.384 e. The summed E-state index contributed by atoms with van der Waals surface area (Å²) in [5.74, 6) is 0.822. The van der Waals surface area contributed by atoms with Crippen LogP contribution in [0.1, 0.15) is 20.8 Å². The molecule has 20 heavy (non-hydrogen) atoms. The molecule has 0 aliphatic carbocycles. The minimum atomic E-state index is -3.49. The van der Waals surface area contributed by atoms with Crippen LogP contribution in [0.15, 0.2) is 23.4 Å². The summed E-state index contributed by atoms with van der Waals surface area (Å²) < 4.78 is 27.1. The van der Waals surface area contributed by atoms with E-state index in [9.17, 15) is 8.42 Å². The van der Waals surface area contributed by atoms with Gasteiger partial charge in [-0.2, -0.15) is 16.1 Å². The van der Waals surface area contributed by atoms with Crippen LogP contribution >= 0.6 is 11.8 Å². The van der Waals surface area contributed by atoms with Crippen LogP contribution in [0, 0.1) is 0 Å². The molecule has 1 N–H and O–H groups in total. The Morgan fingerprint density at radius 1 is 1.50 bits per heavy atom. The SMILES string of the molecule is CCNc1ccncc1S(=O)(=O)N1CCSC(C)(C)C1. The molecule has 0 atom stereocenters. The molecule has 1 saturated heterocycles. The zero-order chi connectivity index (χ0) is 14.8. The maximum absolute atomic E-state index is 12.8. The Bertz CT molecular complexity index is 573. The van der Waals surface area contributed by atoms with E-state index >= 15 is 0 Å². The van der Waals surface area contributed by atoms with Crippen molar-refractivity contribution in [3.05, 3.63) is 18.5 Å². The Morgan fingerprint density at radius 2 is 2.25 bits per heavy atom. The summed E-state index contributed by atoms with van der Waals surface area (Å²) in [6, 6.07) is 1.71. The molecular formula is C13H21N3O2S2. The third kappa shape index (κ3) is 3.27. The van der Waals surface area contributed by atoms with E-state index in [1.54, 1.807) is 16.6 Å². The first-order valence-corrected chi connectivity index (χ1v) is 9.11. The molecule has 0 bridgehead atoms. The molecule has 112 valence electrons. The first-order valence-electron chi connectivity index (χ1n) is 6.69. The average molecular weight is 315 g/mol.